The van der Waals surface area contributed by atoms with Crippen LogP contribution >= 0.6 is 12.6 Å². The van der Waals surface area contributed by atoms with E-state index in [0.29, 0.717) is 11.3 Å². The summed E-state index contributed by atoms with van der Waals surface area (Å²) in [5, 5.41) is 0.610. The van der Waals surface area contributed by atoms with E-state index in [-0.39, 0.29) is 0 Å². The number of hydrogen-bond acceptors (Lipinski definition) is 2. The number of hydrogen-bond donors (Lipinski definition) is 1. The Morgan fingerprint density at radius 3 is 2.90 bits per heavy atom. The quantitative estimate of drug-likeness (QED) is 0.466. The maximum absolute atomic E-state index is 4.42. The van der Waals surface area contributed by atoms with E-state index in [1.807, 2.05) is 6.21 Å². The van der Waals surface area contributed by atoms with Gasteiger partial charge in [0.1, 0.15) is 0 Å². The molecule has 0 aromatic rings. The monoisotopic (exact) mass is 157 g/mol. The van der Waals surface area contributed by atoms with Crippen molar-refractivity contribution in [2.45, 2.75) is 43.9 Å². The van der Waals surface area contributed by atoms with Crippen LogP contribution in [0.4, 0.5) is 0 Å². The summed E-state index contributed by atoms with van der Waals surface area (Å²) in [6.45, 7) is 2.12. The second kappa shape index (κ2) is 4.02. The average Bonchev–Trinajstić information content (AvgIpc) is 2.31. The van der Waals surface area contributed by atoms with Gasteiger partial charge in [-0.3, -0.25) is 4.99 Å². The molecule has 1 aliphatic rings. The first-order valence-corrected chi connectivity index (χ1v) is 4.54. The van der Waals surface area contributed by atoms with Crippen LogP contribution in [0, 0.1) is 0 Å². The summed E-state index contributed by atoms with van der Waals surface area (Å²) in [5.74, 6) is 0. The summed E-state index contributed by atoms with van der Waals surface area (Å²) in [4.78, 5) is 4.42. The van der Waals surface area contributed by atoms with Gasteiger partial charge in [0.15, 0.2) is 0 Å². The molecular weight excluding hydrogens is 142 g/mol. The molecule has 0 N–H and O–H groups in total. The Labute approximate surface area is 68.3 Å². The van der Waals surface area contributed by atoms with Crippen molar-refractivity contribution in [1.82, 2.24) is 0 Å². The van der Waals surface area contributed by atoms with Crippen LogP contribution in [0.5, 0.6) is 0 Å². The zero-order valence-corrected chi connectivity index (χ0v) is 7.35. The third-order valence-electron chi connectivity index (χ3n) is 1.88. The van der Waals surface area contributed by atoms with Crippen LogP contribution in [0.15, 0.2) is 4.99 Å². The van der Waals surface area contributed by atoms with Crippen LogP contribution in [0.25, 0.3) is 0 Å². The highest BCUT2D eigenvalue weighted by Crippen LogP contribution is 2.25. The van der Waals surface area contributed by atoms with Crippen LogP contribution in [0.3, 0.4) is 0 Å². The third-order valence-corrected chi connectivity index (χ3v) is 2.35. The Morgan fingerprint density at radius 1 is 1.60 bits per heavy atom. The molecule has 2 unspecified atom stereocenters. The van der Waals surface area contributed by atoms with Crippen molar-refractivity contribution >= 4 is 18.8 Å². The van der Waals surface area contributed by atoms with E-state index in [1.54, 1.807) is 0 Å². The molecule has 1 aliphatic carbocycles. The number of nitrogens with zero attached hydrogens (tertiary/aromatic N) is 1. The summed E-state index contributed by atoms with van der Waals surface area (Å²) in [5.41, 5.74) is 0. The molecule has 58 valence electrons. The van der Waals surface area contributed by atoms with E-state index in [4.69, 9.17) is 0 Å². The van der Waals surface area contributed by atoms with Crippen LogP contribution in [0.2, 0.25) is 0 Å². The minimum absolute atomic E-state index is 0.586. The maximum Gasteiger partial charge on any atom is 0.0506 e. The van der Waals surface area contributed by atoms with Gasteiger partial charge in [-0.05, 0) is 31.9 Å². The molecule has 0 bridgehead atoms. The van der Waals surface area contributed by atoms with Gasteiger partial charge in [-0.1, -0.05) is 6.92 Å². The van der Waals surface area contributed by atoms with Crippen LogP contribution in [0.1, 0.15) is 32.6 Å². The number of thiol groups is 1. The van der Waals surface area contributed by atoms with Gasteiger partial charge in [-0.15, -0.1) is 0 Å². The van der Waals surface area contributed by atoms with Crippen molar-refractivity contribution in [3.8, 4) is 0 Å². The molecule has 0 heterocycles. The zero-order chi connectivity index (χ0) is 7.40. The Morgan fingerprint density at radius 2 is 2.40 bits per heavy atom. The van der Waals surface area contributed by atoms with Gasteiger partial charge < -0.3 is 0 Å². The molecule has 2 heteroatoms. The lowest BCUT2D eigenvalue weighted by Gasteiger charge is -1.99. The van der Waals surface area contributed by atoms with Crippen LogP contribution in [-0.4, -0.2) is 17.5 Å². The van der Waals surface area contributed by atoms with Gasteiger partial charge in [-0.2, -0.15) is 12.6 Å². The van der Waals surface area contributed by atoms with Crippen molar-refractivity contribution in [1.29, 1.82) is 0 Å². The molecule has 0 spiro atoms. The first-order valence-electron chi connectivity index (χ1n) is 4.02. The predicted octanol–water partition coefficient (Wildman–Crippen LogP) is 2.32. The largest absolute Gasteiger partial charge is 0.294 e. The number of rotatable bonds is 2. The fourth-order valence-corrected chi connectivity index (χ4v) is 1.72. The van der Waals surface area contributed by atoms with Gasteiger partial charge in [0.2, 0.25) is 0 Å². The summed E-state index contributed by atoms with van der Waals surface area (Å²) >= 11 is 4.40. The van der Waals surface area contributed by atoms with Crippen molar-refractivity contribution < 1.29 is 0 Å². The Kier molecular flexibility index (Phi) is 3.26. The standard InChI is InChI=1S/C8H15NS/c1-2-5-9-7-3-4-8(10)6-7/h5,7-8,10H,2-4,6H2,1H3. The first-order chi connectivity index (χ1) is 4.83. The van der Waals surface area contributed by atoms with Crippen LogP contribution < -0.4 is 0 Å². The Bertz CT molecular complexity index is 122. The van der Waals surface area contributed by atoms with E-state index in [9.17, 15) is 0 Å². The highest BCUT2D eigenvalue weighted by atomic mass is 32.1. The Hall–Kier alpha value is 0.0200. The average molecular weight is 157 g/mol. The highest BCUT2D eigenvalue weighted by Gasteiger charge is 2.19. The lowest BCUT2D eigenvalue weighted by Crippen LogP contribution is -1.98. The molecule has 1 saturated carbocycles. The zero-order valence-electron chi connectivity index (χ0n) is 6.45. The molecule has 0 radical (unpaired) electrons. The lowest BCUT2D eigenvalue weighted by atomic mass is 10.3. The first kappa shape index (κ1) is 8.12. The second-order valence-corrected chi connectivity index (χ2v) is 3.59. The van der Waals surface area contributed by atoms with Crippen molar-refractivity contribution in [2.75, 3.05) is 0 Å². The van der Waals surface area contributed by atoms with E-state index >= 15 is 0 Å². The molecular formula is C8H15NS. The van der Waals surface area contributed by atoms with Crippen molar-refractivity contribution in [3.63, 3.8) is 0 Å². The van der Waals surface area contributed by atoms with Crippen molar-refractivity contribution in [3.05, 3.63) is 0 Å². The molecule has 1 fully saturated rings. The minimum Gasteiger partial charge on any atom is -0.294 e. The highest BCUT2D eigenvalue weighted by molar-refractivity contribution is 7.80. The fraction of sp³-hybridized carbons (Fsp3) is 0.875. The van der Waals surface area contributed by atoms with E-state index in [2.05, 4.69) is 24.5 Å². The summed E-state index contributed by atoms with van der Waals surface area (Å²) in [7, 11) is 0. The lowest BCUT2D eigenvalue weighted by molar-refractivity contribution is 0.710. The predicted molar refractivity (Wildman–Crippen MR) is 49.2 cm³/mol. The Balaban J connectivity index is 2.24. The van der Waals surface area contributed by atoms with Gasteiger partial charge in [-0.25, -0.2) is 0 Å². The van der Waals surface area contributed by atoms with Gasteiger partial charge in [0.25, 0.3) is 0 Å². The molecule has 0 saturated heterocycles. The number of aliphatic imine (C=N–C) groups is 1. The SMILES string of the molecule is CCC=NC1CCC(S)C1. The van der Waals surface area contributed by atoms with Crippen molar-refractivity contribution in [2.24, 2.45) is 4.99 Å². The molecule has 0 aromatic heterocycles. The third kappa shape index (κ3) is 2.33. The second-order valence-electron chi connectivity index (χ2n) is 2.86. The minimum atomic E-state index is 0.586. The smallest absolute Gasteiger partial charge is 0.0506 e. The van der Waals surface area contributed by atoms with E-state index < -0.39 is 0 Å². The van der Waals surface area contributed by atoms with Gasteiger partial charge in [0.05, 0.1) is 6.04 Å². The molecule has 0 aromatic carbocycles. The van der Waals surface area contributed by atoms with E-state index in [1.165, 1.54) is 19.3 Å². The molecule has 1 nitrogen and oxygen atoms in total. The fourth-order valence-electron chi connectivity index (χ4n) is 1.32. The summed E-state index contributed by atoms with van der Waals surface area (Å²) < 4.78 is 0. The summed E-state index contributed by atoms with van der Waals surface area (Å²) in [6.07, 6.45) is 6.75. The summed E-state index contributed by atoms with van der Waals surface area (Å²) in [6, 6.07) is 0.586. The van der Waals surface area contributed by atoms with E-state index in [0.717, 1.165) is 6.42 Å². The molecule has 0 amide bonds. The molecule has 2 atom stereocenters. The molecule has 0 aliphatic heterocycles. The topological polar surface area (TPSA) is 12.4 Å². The van der Waals surface area contributed by atoms with Gasteiger partial charge >= 0.3 is 0 Å². The molecule has 10 heavy (non-hydrogen) atoms. The van der Waals surface area contributed by atoms with Crippen LogP contribution in [-0.2, 0) is 0 Å². The normalized spacial score (nSPS) is 33.8. The maximum atomic E-state index is 4.42. The van der Waals surface area contributed by atoms with Gasteiger partial charge in [0, 0.05) is 5.25 Å². The molecule has 1 rings (SSSR count).